The molecule has 0 fully saturated rings. The van der Waals surface area contributed by atoms with E-state index in [9.17, 15) is 4.79 Å². The average molecular weight is 217 g/mol. The molecule has 0 aliphatic heterocycles. The van der Waals surface area contributed by atoms with Gasteiger partial charge in [-0.3, -0.25) is 4.79 Å². The molecule has 1 aromatic carbocycles. The Balaban J connectivity index is 2.82. The van der Waals surface area contributed by atoms with E-state index in [1.807, 2.05) is 23.7 Å². The average Bonchev–Trinajstić information content (AvgIpc) is 2.65. The van der Waals surface area contributed by atoms with Gasteiger partial charge in [0.2, 0.25) is 0 Å². The van der Waals surface area contributed by atoms with Crippen molar-refractivity contribution in [1.82, 2.24) is 4.57 Å². The van der Waals surface area contributed by atoms with Crippen molar-refractivity contribution >= 4 is 17.2 Å². The third-order valence-electron chi connectivity index (χ3n) is 3.00. The second-order valence-corrected chi connectivity index (χ2v) is 3.79. The maximum Gasteiger partial charge on any atom is 0.166 e. The summed E-state index contributed by atoms with van der Waals surface area (Å²) in [6.45, 7) is 2.09. The molecule has 0 bridgehead atoms. The van der Waals surface area contributed by atoms with E-state index in [0.717, 1.165) is 34.9 Å². The van der Waals surface area contributed by atoms with Crippen molar-refractivity contribution in [2.45, 2.75) is 13.3 Å². The number of aromatic nitrogens is 1. The van der Waals surface area contributed by atoms with Crippen molar-refractivity contribution in [3.63, 3.8) is 0 Å². The molecule has 0 aliphatic carbocycles. The van der Waals surface area contributed by atoms with E-state index >= 15 is 0 Å². The first kappa shape index (κ1) is 10.7. The van der Waals surface area contributed by atoms with E-state index < -0.39 is 0 Å². The highest BCUT2D eigenvalue weighted by molar-refractivity contribution is 5.93. The number of aldehydes is 1. The quantitative estimate of drug-likeness (QED) is 0.740. The molecule has 1 heterocycles. The first-order valence-electron chi connectivity index (χ1n) is 5.33. The number of carbonyl (C=O) groups is 1. The normalized spacial score (nSPS) is 10.7. The number of methoxy groups -OCH3 is 1. The molecule has 2 rings (SSSR count). The Morgan fingerprint density at radius 3 is 2.75 bits per heavy atom. The van der Waals surface area contributed by atoms with Gasteiger partial charge in [-0.05, 0) is 24.1 Å². The fourth-order valence-electron chi connectivity index (χ4n) is 2.08. The van der Waals surface area contributed by atoms with Crippen LogP contribution in [0.2, 0.25) is 0 Å². The Kier molecular flexibility index (Phi) is 2.69. The van der Waals surface area contributed by atoms with Crippen molar-refractivity contribution in [2.24, 2.45) is 7.05 Å². The minimum absolute atomic E-state index is 0.668. The van der Waals surface area contributed by atoms with Gasteiger partial charge in [-0.25, -0.2) is 0 Å². The van der Waals surface area contributed by atoms with Gasteiger partial charge in [-0.1, -0.05) is 13.0 Å². The van der Waals surface area contributed by atoms with E-state index in [1.54, 1.807) is 7.11 Å². The van der Waals surface area contributed by atoms with E-state index in [1.165, 1.54) is 0 Å². The van der Waals surface area contributed by atoms with Crippen LogP contribution in [0.15, 0.2) is 18.2 Å². The SMILES string of the molecule is CCc1ccc2c(cc(C=O)n2C)c1OC. The Bertz CT molecular complexity index is 540. The molecular formula is C13H15NO2. The summed E-state index contributed by atoms with van der Waals surface area (Å²) in [4.78, 5) is 10.9. The molecule has 84 valence electrons. The lowest BCUT2D eigenvalue weighted by Crippen LogP contribution is -1.94. The summed E-state index contributed by atoms with van der Waals surface area (Å²) in [7, 11) is 3.55. The lowest BCUT2D eigenvalue weighted by Gasteiger charge is -2.08. The van der Waals surface area contributed by atoms with Crippen LogP contribution in [0.25, 0.3) is 10.9 Å². The van der Waals surface area contributed by atoms with Crippen molar-refractivity contribution in [1.29, 1.82) is 0 Å². The molecule has 2 aromatic rings. The topological polar surface area (TPSA) is 31.2 Å². The number of benzene rings is 1. The predicted molar refractivity (Wildman–Crippen MR) is 64.2 cm³/mol. The van der Waals surface area contributed by atoms with Gasteiger partial charge in [0, 0.05) is 12.4 Å². The van der Waals surface area contributed by atoms with Crippen LogP contribution in [0.3, 0.4) is 0 Å². The summed E-state index contributed by atoms with van der Waals surface area (Å²) in [5.41, 5.74) is 2.86. The molecule has 0 amide bonds. The minimum atomic E-state index is 0.668. The van der Waals surface area contributed by atoms with Crippen LogP contribution in [0.1, 0.15) is 23.0 Å². The second kappa shape index (κ2) is 4.00. The number of fused-ring (bicyclic) bond motifs is 1. The Hall–Kier alpha value is -1.77. The first-order chi connectivity index (χ1) is 7.72. The molecule has 0 saturated heterocycles. The summed E-state index contributed by atoms with van der Waals surface area (Å²) in [6.07, 6.45) is 1.79. The first-order valence-corrected chi connectivity index (χ1v) is 5.33. The molecule has 0 N–H and O–H groups in total. The molecular weight excluding hydrogens is 202 g/mol. The number of rotatable bonds is 3. The Labute approximate surface area is 94.6 Å². The largest absolute Gasteiger partial charge is 0.496 e. The van der Waals surface area contributed by atoms with Crippen LogP contribution < -0.4 is 4.74 Å². The number of ether oxygens (including phenoxy) is 1. The van der Waals surface area contributed by atoms with Gasteiger partial charge in [-0.15, -0.1) is 0 Å². The Morgan fingerprint density at radius 1 is 1.44 bits per heavy atom. The maximum atomic E-state index is 10.9. The lowest BCUT2D eigenvalue weighted by atomic mass is 10.1. The summed E-state index contributed by atoms with van der Waals surface area (Å²) < 4.78 is 7.31. The van der Waals surface area contributed by atoms with Crippen LogP contribution in [0.4, 0.5) is 0 Å². The molecule has 3 nitrogen and oxygen atoms in total. The summed E-state index contributed by atoms with van der Waals surface area (Å²) in [6, 6.07) is 5.96. The molecule has 0 unspecified atom stereocenters. The van der Waals surface area contributed by atoms with Crippen LogP contribution in [0.5, 0.6) is 5.75 Å². The third-order valence-corrected chi connectivity index (χ3v) is 3.00. The van der Waals surface area contributed by atoms with E-state index in [0.29, 0.717) is 5.69 Å². The number of carbonyl (C=O) groups excluding carboxylic acids is 1. The molecule has 0 saturated carbocycles. The van der Waals surface area contributed by atoms with E-state index in [-0.39, 0.29) is 0 Å². The molecule has 0 spiro atoms. The van der Waals surface area contributed by atoms with Gasteiger partial charge >= 0.3 is 0 Å². The standard InChI is InChI=1S/C13H15NO2/c1-4-9-5-6-12-11(13(9)16-3)7-10(8-15)14(12)2/h5-8H,4H2,1-3H3. The van der Waals surface area contributed by atoms with Crippen LogP contribution in [-0.2, 0) is 13.5 Å². The van der Waals surface area contributed by atoms with E-state index in [4.69, 9.17) is 4.74 Å². The molecule has 0 atom stereocenters. The zero-order chi connectivity index (χ0) is 11.7. The maximum absolute atomic E-state index is 10.9. The second-order valence-electron chi connectivity index (χ2n) is 3.79. The number of nitrogens with zero attached hydrogens (tertiary/aromatic N) is 1. The van der Waals surface area contributed by atoms with Crippen molar-refractivity contribution in [3.8, 4) is 5.75 Å². The van der Waals surface area contributed by atoms with Gasteiger partial charge in [0.25, 0.3) is 0 Å². The molecule has 0 aliphatic rings. The molecule has 1 aromatic heterocycles. The van der Waals surface area contributed by atoms with E-state index in [2.05, 4.69) is 13.0 Å². The van der Waals surface area contributed by atoms with Crippen molar-refractivity contribution in [3.05, 3.63) is 29.5 Å². The summed E-state index contributed by atoms with van der Waals surface area (Å²) in [5.74, 6) is 0.878. The summed E-state index contributed by atoms with van der Waals surface area (Å²) >= 11 is 0. The number of hydrogen-bond donors (Lipinski definition) is 0. The predicted octanol–water partition coefficient (Wildman–Crippen LogP) is 2.56. The fourth-order valence-corrected chi connectivity index (χ4v) is 2.08. The monoisotopic (exact) mass is 217 g/mol. The number of hydrogen-bond acceptors (Lipinski definition) is 2. The summed E-state index contributed by atoms with van der Waals surface area (Å²) in [5, 5.41) is 1.01. The highest BCUT2D eigenvalue weighted by Crippen LogP contribution is 2.31. The van der Waals surface area contributed by atoms with Crippen LogP contribution in [-0.4, -0.2) is 18.0 Å². The van der Waals surface area contributed by atoms with Gasteiger partial charge in [0.15, 0.2) is 6.29 Å². The fraction of sp³-hybridized carbons (Fsp3) is 0.308. The lowest BCUT2D eigenvalue weighted by molar-refractivity contribution is 0.111. The smallest absolute Gasteiger partial charge is 0.166 e. The zero-order valence-electron chi connectivity index (χ0n) is 9.78. The molecule has 0 radical (unpaired) electrons. The van der Waals surface area contributed by atoms with Crippen LogP contribution in [0, 0.1) is 0 Å². The van der Waals surface area contributed by atoms with Gasteiger partial charge in [0.05, 0.1) is 18.3 Å². The third kappa shape index (κ3) is 1.40. The highest BCUT2D eigenvalue weighted by atomic mass is 16.5. The highest BCUT2D eigenvalue weighted by Gasteiger charge is 2.12. The molecule has 16 heavy (non-hydrogen) atoms. The minimum Gasteiger partial charge on any atom is -0.496 e. The number of aryl methyl sites for hydroxylation is 2. The van der Waals surface area contributed by atoms with Crippen LogP contribution >= 0.6 is 0 Å². The Morgan fingerprint density at radius 2 is 2.19 bits per heavy atom. The van der Waals surface area contributed by atoms with Gasteiger partial charge in [0.1, 0.15) is 5.75 Å². The van der Waals surface area contributed by atoms with Gasteiger partial charge in [-0.2, -0.15) is 0 Å². The zero-order valence-corrected chi connectivity index (χ0v) is 9.78. The van der Waals surface area contributed by atoms with Crippen molar-refractivity contribution < 1.29 is 9.53 Å². The van der Waals surface area contributed by atoms with Gasteiger partial charge < -0.3 is 9.30 Å². The molecule has 3 heteroatoms. The van der Waals surface area contributed by atoms with Crippen molar-refractivity contribution in [2.75, 3.05) is 7.11 Å².